The molecule has 0 saturated carbocycles. The Morgan fingerprint density at radius 2 is 1.23 bits per heavy atom. The summed E-state index contributed by atoms with van der Waals surface area (Å²) in [4.78, 5) is 12.5. The van der Waals surface area contributed by atoms with Gasteiger partial charge in [-0.1, -0.05) is 91.0 Å². The molecule has 4 rings (SSSR count). The van der Waals surface area contributed by atoms with Crippen LogP contribution < -0.4 is 5.32 Å². The lowest BCUT2D eigenvalue weighted by Gasteiger charge is -2.53. The highest BCUT2D eigenvalue weighted by atomic mass is 16.1. The number of likely N-dealkylation sites (tertiary alicyclic amines) is 1. The maximum atomic E-state index is 12.5. The molecule has 1 aliphatic rings. The summed E-state index contributed by atoms with van der Waals surface area (Å²) in [6.07, 6.45) is 2.39. The highest BCUT2D eigenvalue weighted by Gasteiger charge is 2.58. The highest BCUT2D eigenvalue weighted by Crippen LogP contribution is 2.51. The van der Waals surface area contributed by atoms with E-state index >= 15 is 0 Å². The lowest BCUT2D eigenvalue weighted by Crippen LogP contribution is -2.64. The molecule has 3 nitrogen and oxygen atoms in total. The van der Waals surface area contributed by atoms with Gasteiger partial charge in [-0.25, -0.2) is 0 Å². The Balaban J connectivity index is 2.09. The fourth-order valence-electron chi connectivity index (χ4n) is 5.48. The van der Waals surface area contributed by atoms with E-state index in [1.54, 1.807) is 6.92 Å². The molecule has 0 spiro atoms. The molecule has 1 amide bonds. The molecule has 0 bridgehead atoms. The minimum absolute atomic E-state index is 0.00844. The van der Waals surface area contributed by atoms with E-state index in [2.05, 4.69) is 97.3 Å². The molecule has 1 saturated heterocycles. The molecule has 3 aromatic carbocycles. The molecule has 1 aliphatic heterocycles. The van der Waals surface area contributed by atoms with Gasteiger partial charge in [0, 0.05) is 30.9 Å². The van der Waals surface area contributed by atoms with Gasteiger partial charge in [0.15, 0.2) is 5.54 Å². The second kappa shape index (κ2) is 8.45. The van der Waals surface area contributed by atoms with Crippen molar-refractivity contribution in [2.45, 2.75) is 31.3 Å². The molecule has 0 aromatic heterocycles. The largest absolute Gasteiger partial charge is 0.343 e. The van der Waals surface area contributed by atoms with Crippen LogP contribution in [0.25, 0.3) is 0 Å². The summed E-state index contributed by atoms with van der Waals surface area (Å²) in [5, 5.41) is 3.38. The predicted molar refractivity (Wildman–Crippen MR) is 122 cm³/mol. The zero-order valence-corrected chi connectivity index (χ0v) is 17.9. The third-order valence-corrected chi connectivity index (χ3v) is 6.73. The lowest BCUT2D eigenvalue weighted by atomic mass is 9.71. The van der Waals surface area contributed by atoms with Gasteiger partial charge in [-0.05, 0) is 5.56 Å². The van der Waals surface area contributed by atoms with Crippen LogP contribution in [0.5, 0.6) is 0 Å². The zero-order chi connectivity index (χ0) is 21.0. The van der Waals surface area contributed by atoms with E-state index in [4.69, 9.17) is 0 Å². The molecule has 1 N–H and O–H groups in total. The van der Waals surface area contributed by atoms with E-state index in [1.165, 1.54) is 24.0 Å². The third-order valence-electron chi connectivity index (χ3n) is 6.73. The first-order valence-electron chi connectivity index (χ1n) is 10.9. The Morgan fingerprint density at radius 1 is 0.800 bits per heavy atom. The molecule has 0 radical (unpaired) electrons. The van der Waals surface area contributed by atoms with Crippen molar-refractivity contribution < 1.29 is 9.28 Å². The average molecular weight is 400 g/mol. The zero-order valence-electron chi connectivity index (χ0n) is 17.9. The SMILES string of the molecule is CC(=O)N[C@@H](c1ccccc1)C(c1ccccc1)(c1ccccc1)[N+]1(C)CCCC1. The standard InChI is InChI=1S/C27H30N2O/c1-22(30)28-26(23-14-6-3-7-15-23)27(24-16-8-4-9-17-24,25-18-10-5-11-19-25)29(2)20-12-13-21-29/h3-11,14-19,26H,12-13,20-21H2,1-2H3/p+1/t26-/m0/s1. The molecule has 154 valence electrons. The van der Waals surface area contributed by atoms with Gasteiger partial charge in [-0.15, -0.1) is 0 Å². The number of hydrogen-bond donors (Lipinski definition) is 1. The summed E-state index contributed by atoms with van der Waals surface area (Å²) in [7, 11) is 2.37. The van der Waals surface area contributed by atoms with Crippen LogP contribution in [0, 0.1) is 0 Å². The first kappa shape index (κ1) is 20.4. The van der Waals surface area contributed by atoms with Crippen molar-refractivity contribution in [1.82, 2.24) is 5.32 Å². The topological polar surface area (TPSA) is 29.1 Å². The van der Waals surface area contributed by atoms with Crippen molar-refractivity contribution in [3.63, 3.8) is 0 Å². The van der Waals surface area contributed by atoms with Crippen molar-refractivity contribution >= 4 is 5.91 Å². The molecule has 1 fully saturated rings. The van der Waals surface area contributed by atoms with Crippen LogP contribution in [0.2, 0.25) is 0 Å². The number of hydrogen-bond acceptors (Lipinski definition) is 1. The molecule has 1 heterocycles. The Hall–Kier alpha value is -2.91. The van der Waals surface area contributed by atoms with Gasteiger partial charge in [0.1, 0.15) is 6.04 Å². The maximum Gasteiger partial charge on any atom is 0.217 e. The molecule has 0 aliphatic carbocycles. The van der Waals surface area contributed by atoms with Crippen molar-refractivity contribution in [1.29, 1.82) is 0 Å². The van der Waals surface area contributed by atoms with Crippen molar-refractivity contribution in [3.8, 4) is 0 Å². The van der Waals surface area contributed by atoms with Crippen molar-refractivity contribution in [3.05, 3.63) is 108 Å². The molecule has 3 heteroatoms. The van der Waals surface area contributed by atoms with Gasteiger partial charge in [0.25, 0.3) is 0 Å². The van der Waals surface area contributed by atoms with E-state index in [9.17, 15) is 4.79 Å². The Bertz CT molecular complexity index is 924. The quantitative estimate of drug-likeness (QED) is 0.578. The lowest BCUT2D eigenvalue weighted by molar-refractivity contribution is -0.952. The van der Waals surface area contributed by atoms with Crippen LogP contribution in [-0.2, 0) is 10.3 Å². The number of nitrogens with one attached hydrogen (secondary N) is 1. The van der Waals surface area contributed by atoms with Crippen LogP contribution in [-0.4, -0.2) is 30.5 Å². The van der Waals surface area contributed by atoms with Crippen LogP contribution in [0.15, 0.2) is 91.0 Å². The summed E-state index contributed by atoms with van der Waals surface area (Å²) >= 11 is 0. The molecule has 3 aromatic rings. The van der Waals surface area contributed by atoms with Crippen LogP contribution in [0.3, 0.4) is 0 Å². The van der Waals surface area contributed by atoms with E-state index in [-0.39, 0.29) is 11.9 Å². The number of likely N-dealkylation sites (N-methyl/N-ethyl adjacent to an activating group) is 1. The van der Waals surface area contributed by atoms with E-state index in [0.29, 0.717) is 0 Å². The molecular weight excluding hydrogens is 368 g/mol. The van der Waals surface area contributed by atoms with Gasteiger partial charge in [-0.2, -0.15) is 0 Å². The molecule has 1 atom stereocenters. The number of carbonyl (C=O) groups excluding carboxylic acids is 1. The Morgan fingerprint density at radius 3 is 1.67 bits per heavy atom. The average Bonchev–Trinajstić information content (AvgIpc) is 3.23. The van der Waals surface area contributed by atoms with Gasteiger partial charge in [-0.3, -0.25) is 4.79 Å². The smallest absolute Gasteiger partial charge is 0.217 e. The Labute approximate surface area is 180 Å². The van der Waals surface area contributed by atoms with E-state index < -0.39 is 5.54 Å². The summed E-state index contributed by atoms with van der Waals surface area (Å²) < 4.78 is 0.862. The van der Waals surface area contributed by atoms with Gasteiger partial charge < -0.3 is 9.80 Å². The second-order valence-corrected chi connectivity index (χ2v) is 8.59. The third kappa shape index (κ3) is 3.44. The molecular formula is C27H31N2O+. The monoisotopic (exact) mass is 399 g/mol. The minimum Gasteiger partial charge on any atom is -0.343 e. The highest BCUT2D eigenvalue weighted by molar-refractivity contribution is 5.74. The summed E-state index contributed by atoms with van der Waals surface area (Å²) in [6, 6.07) is 31.8. The summed E-state index contributed by atoms with van der Waals surface area (Å²) in [5.74, 6) is -0.00844. The number of rotatable bonds is 6. The van der Waals surface area contributed by atoms with Gasteiger partial charge in [0.2, 0.25) is 5.91 Å². The minimum atomic E-state index is -0.438. The van der Waals surface area contributed by atoms with Crippen molar-refractivity contribution in [2.75, 3.05) is 20.1 Å². The molecule has 30 heavy (non-hydrogen) atoms. The van der Waals surface area contributed by atoms with Gasteiger partial charge >= 0.3 is 0 Å². The second-order valence-electron chi connectivity index (χ2n) is 8.59. The number of carbonyl (C=O) groups is 1. The van der Waals surface area contributed by atoms with Crippen molar-refractivity contribution in [2.24, 2.45) is 0 Å². The normalized spacial score (nSPS) is 16.7. The van der Waals surface area contributed by atoms with E-state index in [1.807, 2.05) is 6.07 Å². The number of amides is 1. The summed E-state index contributed by atoms with van der Waals surface area (Å²) in [6.45, 7) is 3.78. The fourth-order valence-corrected chi connectivity index (χ4v) is 5.48. The van der Waals surface area contributed by atoms with E-state index in [0.717, 1.165) is 23.1 Å². The number of benzene rings is 3. The van der Waals surface area contributed by atoms with Crippen LogP contribution >= 0.6 is 0 Å². The first-order chi connectivity index (χ1) is 14.6. The number of quaternary nitrogens is 1. The maximum absolute atomic E-state index is 12.5. The fraction of sp³-hybridized carbons (Fsp3) is 0.296. The predicted octanol–water partition coefficient (Wildman–Crippen LogP) is 5.05. The van der Waals surface area contributed by atoms with Crippen LogP contribution in [0.1, 0.15) is 42.5 Å². The first-order valence-corrected chi connectivity index (χ1v) is 10.9. The number of nitrogens with zero attached hydrogens (tertiary/aromatic N) is 1. The molecule has 0 unspecified atom stereocenters. The van der Waals surface area contributed by atoms with Crippen LogP contribution in [0.4, 0.5) is 0 Å². The van der Waals surface area contributed by atoms with Gasteiger partial charge in [0.05, 0.1) is 20.1 Å². The summed E-state index contributed by atoms with van der Waals surface area (Å²) in [5.41, 5.74) is 3.17. The Kier molecular flexibility index (Phi) is 5.74.